The first-order valence-electron chi connectivity index (χ1n) is 8.60. The molecule has 3 aromatic rings. The molecule has 0 saturated heterocycles. The van der Waals surface area contributed by atoms with Crippen LogP contribution in [0, 0.1) is 17.7 Å². The second-order valence-corrected chi connectivity index (χ2v) is 6.55. The second kappa shape index (κ2) is 6.74. The molecule has 0 spiro atoms. The normalized spacial score (nSPS) is 14.4. The highest BCUT2D eigenvalue weighted by molar-refractivity contribution is 5.50. The van der Waals surface area contributed by atoms with Crippen LogP contribution in [0.1, 0.15) is 22.4 Å². The van der Waals surface area contributed by atoms with Gasteiger partial charge in [-0.05, 0) is 49.9 Å². The van der Waals surface area contributed by atoms with Gasteiger partial charge in [0.05, 0.1) is 5.69 Å². The molecule has 5 heteroatoms. The number of benzene rings is 1. The third-order valence-electron chi connectivity index (χ3n) is 4.68. The van der Waals surface area contributed by atoms with E-state index in [1.165, 1.54) is 12.1 Å². The van der Waals surface area contributed by atoms with Gasteiger partial charge in [0.1, 0.15) is 11.5 Å². The predicted molar refractivity (Wildman–Crippen MR) is 98.7 cm³/mol. The Hall–Kier alpha value is -2.97. The second-order valence-electron chi connectivity index (χ2n) is 6.55. The molecule has 0 N–H and O–H groups in total. The maximum atomic E-state index is 13.0. The fraction of sp³-hybridized carbons (Fsp3) is 0.238. The first kappa shape index (κ1) is 16.5. The first-order valence-corrected chi connectivity index (χ1v) is 8.60. The van der Waals surface area contributed by atoms with Crippen molar-refractivity contribution in [3.05, 3.63) is 81.2 Å². The summed E-state index contributed by atoms with van der Waals surface area (Å²) in [6.45, 7) is 1.77. The molecule has 1 aromatic carbocycles. The third-order valence-corrected chi connectivity index (χ3v) is 4.68. The molecule has 1 aliphatic heterocycles. The van der Waals surface area contributed by atoms with E-state index in [0.717, 1.165) is 48.3 Å². The van der Waals surface area contributed by atoms with Crippen LogP contribution in [0.4, 0.5) is 4.39 Å². The lowest BCUT2D eigenvalue weighted by Gasteiger charge is -2.10. The van der Waals surface area contributed by atoms with Crippen molar-refractivity contribution in [3.8, 4) is 11.8 Å². The number of fused-ring (bicyclic) bond motifs is 2. The molecule has 0 saturated carbocycles. The van der Waals surface area contributed by atoms with Gasteiger partial charge < -0.3 is 4.90 Å². The highest BCUT2D eigenvalue weighted by Gasteiger charge is 2.17. The van der Waals surface area contributed by atoms with E-state index in [1.54, 1.807) is 22.7 Å². The van der Waals surface area contributed by atoms with Crippen molar-refractivity contribution >= 4 is 5.65 Å². The summed E-state index contributed by atoms with van der Waals surface area (Å²) in [4.78, 5) is 19.7. The largest absolute Gasteiger partial charge is 0.306 e. The average molecular weight is 347 g/mol. The van der Waals surface area contributed by atoms with Crippen LogP contribution in [0.3, 0.4) is 0 Å². The Morgan fingerprint density at radius 2 is 1.77 bits per heavy atom. The summed E-state index contributed by atoms with van der Waals surface area (Å²) in [5, 5.41) is 0. The van der Waals surface area contributed by atoms with Gasteiger partial charge in [-0.2, -0.15) is 0 Å². The van der Waals surface area contributed by atoms with Crippen LogP contribution in [-0.2, 0) is 12.8 Å². The van der Waals surface area contributed by atoms with E-state index >= 15 is 0 Å². The van der Waals surface area contributed by atoms with Crippen LogP contribution in [0.15, 0.2) is 47.4 Å². The minimum absolute atomic E-state index is 0.0124. The molecule has 2 aromatic heterocycles. The number of hydrogen-bond donors (Lipinski definition) is 0. The number of pyridine rings is 1. The highest BCUT2D eigenvalue weighted by Crippen LogP contribution is 2.12. The predicted octanol–water partition coefficient (Wildman–Crippen LogP) is 2.26. The van der Waals surface area contributed by atoms with Crippen molar-refractivity contribution in [2.75, 3.05) is 20.1 Å². The average Bonchev–Trinajstić information content (AvgIpc) is 2.83. The lowest BCUT2D eigenvalue weighted by atomic mass is 10.1. The summed E-state index contributed by atoms with van der Waals surface area (Å²) in [6.07, 6.45) is 3.24. The Labute approximate surface area is 150 Å². The van der Waals surface area contributed by atoms with Gasteiger partial charge in [0.25, 0.3) is 5.56 Å². The zero-order valence-electron chi connectivity index (χ0n) is 14.5. The third kappa shape index (κ3) is 3.24. The van der Waals surface area contributed by atoms with Gasteiger partial charge in [0, 0.05) is 42.4 Å². The summed E-state index contributed by atoms with van der Waals surface area (Å²) in [6, 6.07) is 9.69. The SMILES string of the molecule is CN1CCc2nc3cc(C#Cc4ccc(F)cc4)ccn3c(=O)c2CC1. The van der Waals surface area contributed by atoms with Crippen LogP contribution >= 0.6 is 0 Å². The van der Waals surface area contributed by atoms with Crippen LogP contribution in [0.2, 0.25) is 0 Å². The van der Waals surface area contributed by atoms with Crippen molar-refractivity contribution in [1.82, 2.24) is 14.3 Å². The molecule has 0 radical (unpaired) electrons. The molecule has 130 valence electrons. The van der Waals surface area contributed by atoms with E-state index in [4.69, 9.17) is 4.98 Å². The molecule has 26 heavy (non-hydrogen) atoms. The van der Waals surface area contributed by atoms with Crippen molar-refractivity contribution in [3.63, 3.8) is 0 Å². The molecule has 1 aliphatic rings. The van der Waals surface area contributed by atoms with Gasteiger partial charge in [-0.1, -0.05) is 11.8 Å². The van der Waals surface area contributed by atoms with Crippen molar-refractivity contribution in [2.45, 2.75) is 12.8 Å². The summed E-state index contributed by atoms with van der Waals surface area (Å²) in [5.41, 5.74) is 3.84. The van der Waals surface area contributed by atoms with E-state index in [-0.39, 0.29) is 11.4 Å². The van der Waals surface area contributed by atoms with Crippen LogP contribution < -0.4 is 5.56 Å². The zero-order valence-corrected chi connectivity index (χ0v) is 14.5. The molecule has 0 amide bonds. The van der Waals surface area contributed by atoms with E-state index in [2.05, 4.69) is 23.8 Å². The lowest BCUT2D eigenvalue weighted by Crippen LogP contribution is -2.23. The number of halogens is 1. The molecule has 4 rings (SSSR count). The number of aromatic nitrogens is 2. The molecule has 0 atom stereocenters. The van der Waals surface area contributed by atoms with Crippen molar-refractivity contribution in [1.29, 1.82) is 0 Å². The summed E-state index contributed by atoms with van der Waals surface area (Å²) < 4.78 is 14.6. The van der Waals surface area contributed by atoms with Crippen LogP contribution in [0.25, 0.3) is 5.65 Å². The molecule has 0 aliphatic carbocycles. The smallest absolute Gasteiger partial charge is 0.261 e. The van der Waals surface area contributed by atoms with E-state index < -0.39 is 0 Å². The molecule has 0 fully saturated rings. The molecule has 0 bridgehead atoms. The number of nitrogens with zero attached hydrogens (tertiary/aromatic N) is 3. The van der Waals surface area contributed by atoms with Gasteiger partial charge in [0.15, 0.2) is 0 Å². The van der Waals surface area contributed by atoms with Gasteiger partial charge in [0.2, 0.25) is 0 Å². The Bertz CT molecular complexity index is 1090. The molecule has 0 unspecified atom stereocenters. The number of hydrogen-bond acceptors (Lipinski definition) is 3. The summed E-state index contributed by atoms with van der Waals surface area (Å²) in [5.74, 6) is 5.78. The van der Waals surface area contributed by atoms with Crippen LogP contribution in [0.5, 0.6) is 0 Å². The summed E-state index contributed by atoms with van der Waals surface area (Å²) >= 11 is 0. The van der Waals surface area contributed by atoms with E-state index in [9.17, 15) is 9.18 Å². The van der Waals surface area contributed by atoms with Gasteiger partial charge in [-0.25, -0.2) is 9.37 Å². The van der Waals surface area contributed by atoms with Gasteiger partial charge in [-0.15, -0.1) is 0 Å². The quantitative estimate of drug-likeness (QED) is 0.586. The fourth-order valence-electron chi connectivity index (χ4n) is 3.14. The Morgan fingerprint density at radius 3 is 2.58 bits per heavy atom. The van der Waals surface area contributed by atoms with Crippen LogP contribution in [-0.4, -0.2) is 34.4 Å². The zero-order chi connectivity index (χ0) is 18.1. The van der Waals surface area contributed by atoms with Crippen molar-refractivity contribution < 1.29 is 4.39 Å². The maximum Gasteiger partial charge on any atom is 0.261 e. The molecule has 3 heterocycles. The topological polar surface area (TPSA) is 37.6 Å². The Kier molecular flexibility index (Phi) is 4.27. The highest BCUT2D eigenvalue weighted by atomic mass is 19.1. The van der Waals surface area contributed by atoms with Gasteiger partial charge in [-0.3, -0.25) is 9.20 Å². The standard InChI is InChI=1S/C21H18FN3O/c1-24-11-9-18-19(10-12-24)23-20-14-16(8-13-25(20)21(18)26)3-2-15-4-6-17(22)7-5-15/h4-8,13-14H,9-12H2,1H3. The number of likely N-dealkylation sites (N-methyl/N-ethyl adjacent to an activating group) is 1. The molecular formula is C21H18FN3O. The molecular weight excluding hydrogens is 329 g/mol. The number of rotatable bonds is 0. The lowest BCUT2D eigenvalue weighted by molar-refractivity contribution is 0.352. The minimum atomic E-state index is -0.281. The Balaban J connectivity index is 1.74. The van der Waals surface area contributed by atoms with E-state index in [1.807, 2.05) is 12.1 Å². The van der Waals surface area contributed by atoms with E-state index in [0.29, 0.717) is 5.65 Å². The molecule has 4 nitrogen and oxygen atoms in total. The maximum absolute atomic E-state index is 13.0. The summed E-state index contributed by atoms with van der Waals surface area (Å²) in [7, 11) is 2.06. The van der Waals surface area contributed by atoms with Crippen molar-refractivity contribution in [2.24, 2.45) is 0 Å². The first-order chi connectivity index (χ1) is 12.6. The van der Waals surface area contributed by atoms with Gasteiger partial charge >= 0.3 is 0 Å². The fourth-order valence-corrected chi connectivity index (χ4v) is 3.14. The monoisotopic (exact) mass is 347 g/mol. The minimum Gasteiger partial charge on any atom is -0.306 e. The Morgan fingerprint density at radius 1 is 1.04 bits per heavy atom.